The van der Waals surface area contributed by atoms with E-state index in [1.807, 2.05) is 0 Å². The van der Waals surface area contributed by atoms with Crippen LogP contribution in [0.25, 0.3) is 0 Å². The molecule has 1 aromatic heterocycles. The van der Waals surface area contributed by atoms with Crippen LogP contribution in [0.3, 0.4) is 0 Å². The number of halogens is 2. The van der Waals surface area contributed by atoms with Gasteiger partial charge in [0.2, 0.25) is 0 Å². The molecule has 1 heterocycles. The fraction of sp³-hybridized carbons (Fsp3) is 0.150. The van der Waals surface area contributed by atoms with Gasteiger partial charge in [-0.1, -0.05) is 29.8 Å². The summed E-state index contributed by atoms with van der Waals surface area (Å²) in [6.45, 7) is 3.10. The summed E-state index contributed by atoms with van der Waals surface area (Å²) in [7, 11) is -3.36. The Hall–Kier alpha value is -3.24. The van der Waals surface area contributed by atoms with Gasteiger partial charge in [0.25, 0.3) is 10.0 Å². The zero-order chi connectivity index (χ0) is 22.9. The van der Waals surface area contributed by atoms with Crippen molar-refractivity contribution in [2.75, 3.05) is 0 Å². The molecular formula is C20H17ClFN3O5S. The van der Waals surface area contributed by atoms with Gasteiger partial charge in [-0.25, -0.2) is 22.4 Å². The fourth-order valence-electron chi connectivity index (χ4n) is 2.75. The third-order valence-corrected chi connectivity index (χ3v) is 6.56. The molecule has 0 aliphatic rings. The lowest BCUT2D eigenvalue weighted by atomic mass is 10.2. The lowest BCUT2D eigenvalue weighted by Crippen LogP contribution is -2.43. The van der Waals surface area contributed by atoms with Crippen LogP contribution in [-0.4, -0.2) is 23.1 Å². The SMILES string of the molecule is Cc1cc(S(=O)(=O)n2cc(F)c(=NC(=O)Oc3ccccc3)n(C)c2=O)c(C)cc1Cl. The van der Waals surface area contributed by atoms with Gasteiger partial charge in [-0.3, -0.25) is 4.57 Å². The number of ether oxygens (including phenoxy) is 1. The highest BCUT2D eigenvalue weighted by molar-refractivity contribution is 7.90. The van der Waals surface area contributed by atoms with Gasteiger partial charge < -0.3 is 4.74 Å². The van der Waals surface area contributed by atoms with Crippen LogP contribution in [0.15, 0.2) is 63.3 Å². The summed E-state index contributed by atoms with van der Waals surface area (Å²) < 4.78 is 46.6. The molecule has 0 N–H and O–H groups in total. The van der Waals surface area contributed by atoms with Crippen molar-refractivity contribution in [3.8, 4) is 5.75 Å². The predicted octanol–water partition coefficient (Wildman–Crippen LogP) is 2.93. The highest BCUT2D eigenvalue weighted by Gasteiger charge is 2.24. The molecule has 8 nitrogen and oxygen atoms in total. The summed E-state index contributed by atoms with van der Waals surface area (Å²) in [4.78, 5) is 28.0. The molecule has 1 amide bonds. The van der Waals surface area contributed by atoms with Crippen molar-refractivity contribution in [3.05, 3.63) is 86.6 Å². The average Bonchev–Trinajstić information content (AvgIpc) is 2.71. The first-order chi connectivity index (χ1) is 14.5. The van der Waals surface area contributed by atoms with Gasteiger partial charge in [-0.15, -0.1) is 0 Å². The van der Waals surface area contributed by atoms with Crippen molar-refractivity contribution >= 4 is 27.7 Å². The van der Waals surface area contributed by atoms with Gasteiger partial charge in [-0.2, -0.15) is 8.96 Å². The van der Waals surface area contributed by atoms with Gasteiger partial charge in [0.1, 0.15) is 5.75 Å². The summed E-state index contributed by atoms with van der Waals surface area (Å²) >= 11 is 6.01. The van der Waals surface area contributed by atoms with Crippen LogP contribution in [0, 0.1) is 19.7 Å². The maximum absolute atomic E-state index is 14.7. The quantitative estimate of drug-likeness (QED) is 0.592. The average molecular weight is 466 g/mol. The van der Waals surface area contributed by atoms with Crippen LogP contribution in [0.4, 0.5) is 9.18 Å². The van der Waals surface area contributed by atoms with E-state index >= 15 is 0 Å². The van der Waals surface area contributed by atoms with E-state index in [9.17, 15) is 22.4 Å². The number of benzene rings is 2. The molecule has 3 aromatic rings. The molecule has 0 aliphatic heterocycles. The van der Waals surface area contributed by atoms with Crippen LogP contribution in [-0.2, 0) is 17.1 Å². The Labute approximate surface area is 181 Å². The minimum absolute atomic E-state index is 0.170. The lowest BCUT2D eigenvalue weighted by molar-refractivity contribution is 0.209. The maximum atomic E-state index is 14.7. The standard InChI is InChI=1S/C20H17ClFN3O5S/c1-12-10-17(13(2)9-15(12)21)31(28,29)25-11-16(22)18(24(3)20(25)27)23-19(26)30-14-7-5-4-6-8-14/h4-11H,1-3H3. The van der Waals surface area contributed by atoms with Crippen molar-refractivity contribution < 1.29 is 22.3 Å². The molecule has 0 saturated carbocycles. The number of para-hydroxylation sites is 1. The Morgan fingerprint density at radius 2 is 1.77 bits per heavy atom. The van der Waals surface area contributed by atoms with Gasteiger partial charge in [0, 0.05) is 12.1 Å². The Morgan fingerprint density at radius 1 is 1.13 bits per heavy atom. The lowest BCUT2D eigenvalue weighted by Gasteiger charge is -2.13. The molecular weight excluding hydrogens is 449 g/mol. The van der Waals surface area contributed by atoms with Crippen LogP contribution in [0.1, 0.15) is 11.1 Å². The van der Waals surface area contributed by atoms with E-state index in [0.717, 1.165) is 7.05 Å². The molecule has 0 unspecified atom stereocenters. The second-order valence-corrected chi connectivity index (χ2v) is 8.79. The molecule has 0 aliphatic carbocycles. The first-order valence-electron chi connectivity index (χ1n) is 8.84. The minimum atomic E-state index is -4.45. The van der Waals surface area contributed by atoms with Crippen LogP contribution >= 0.6 is 11.6 Å². The second kappa shape index (κ2) is 8.48. The number of carbonyl (C=O) groups is 1. The monoisotopic (exact) mass is 465 g/mol. The molecule has 31 heavy (non-hydrogen) atoms. The number of carbonyl (C=O) groups excluding carboxylic acids is 1. The molecule has 0 spiro atoms. The van der Waals surface area contributed by atoms with Crippen LogP contribution < -0.4 is 15.9 Å². The number of aryl methyl sites for hydroxylation is 2. The van der Waals surface area contributed by atoms with Gasteiger partial charge in [-0.05, 0) is 49.2 Å². The van der Waals surface area contributed by atoms with E-state index in [4.69, 9.17) is 16.3 Å². The molecule has 2 aromatic carbocycles. The third kappa shape index (κ3) is 4.44. The van der Waals surface area contributed by atoms with Crippen LogP contribution in [0.5, 0.6) is 5.75 Å². The van der Waals surface area contributed by atoms with Crippen molar-refractivity contribution in [3.63, 3.8) is 0 Å². The first-order valence-corrected chi connectivity index (χ1v) is 10.7. The predicted molar refractivity (Wildman–Crippen MR) is 111 cm³/mol. The zero-order valence-corrected chi connectivity index (χ0v) is 18.2. The number of rotatable bonds is 3. The molecule has 0 atom stereocenters. The number of nitrogens with zero attached hydrogens (tertiary/aromatic N) is 3. The molecule has 0 radical (unpaired) electrons. The zero-order valence-electron chi connectivity index (χ0n) is 16.7. The van der Waals surface area contributed by atoms with E-state index in [1.165, 1.54) is 31.2 Å². The van der Waals surface area contributed by atoms with Gasteiger partial charge in [0.15, 0.2) is 11.3 Å². The van der Waals surface area contributed by atoms with E-state index in [0.29, 0.717) is 21.4 Å². The second-order valence-electron chi connectivity index (χ2n) is 6.60. The van der Waals surface area contributed by atoms with E-state index < -0.39 is 33.1 Å². The Morgan fingerprint density at radius 3 is 2.42 bits per heavy atom. The number of hydrogen-bond acceptors (Lipinski definition) is 5. The smallest absolute Gasteiger partial charge is 0.409 e. The summed E-state index contributed by atoms with van der Waals surface area (Å²) in [5.41, 5.74) is -1.05. The third-order valence-electron chi connectivity index (χ3n) is 4.38. The molecule has 0 fully saturated rings. The highest BCUT2D eigenvalue weighted by Crippen LogP contribution is 2.24. The summed E-state index contributed by atoms with van der Waals surface area (Å²) in [6, 6.07) is 10.7. The number of aromatic nitrogens is 2. The van der Waals surface area contributed by atoms with Crippen molar-refractivity contribution in [1.29, 1.82) is 0 Å². The number of hydrogen-bond donors (Lipinski definition) is 0. The maximum Gasteiger partial charge on any atom is 0.441 e. The Kier molecular flexibility index (Phi) is 6.14. The van der Waals surface area contributed by atoms with Gasteiger partial charge >= 0.3 is 11.8 Å². The van der Waals surface area contributed by atoms with Gasteiger partial charge in [0.05, 0.1) is 11.1 Å². The summed E-state index contributed by atoms with van der Waals surface area (Å²) in [5.74, 6) is -1.04. The van der Waals surface area contributed by atoms with Crippen molar-refractivity contribution in [2.24, 2.45) is 12.0 Å². The first kappa shape index (κ1) is 22.4. The van der Waals surface area contributed by atoms with Crippen LogP contribution in [0.2, 0.25) is 5.02 Å². The van der Waals surface area contributed by atoms with Crippen molar-refractivity contribution in [2.45, 2.75) is 18.7 Å². The summed E-state index contributed by atoms with van der Waals surface area (Å²) in [6.07, 6.45) is -0.708. The highest BCUT2D eigenvalue weighted by atomic mass is 35.5. The number of amides is 1. The molecule has 11 heteroatoms. The van der Waals surface area contributed by atoms with E-state index in [2.05, 4.69) is 4.99 Å². The molecule has 0 bridgehead atoms. The Balaban J connectivity index is 2.11. The topological polar surface area (TPSA) is 99.7 Å². The normalized spacial score (nSPS) is 12.1. The largest absolute Gasteiger partial charge is 0.441 e. The molecule has 3 rings (SSSR count). The molecule has 0 saturated heterocycles. The Bertz CT molecular complexity index is 1410. The van der Waals surface area contributed by atoms with E-state index in [-0.39, 0.29) is 20.2 Å². The summed E-state index contributed by atoms with van der Waals surface area (Å²) in [5, 5.41) is 0.353. The fourth-order valence-corrected chi connectivity index (χ4v) is 4.53. The minimum Gasteiger partial charge on any atom is -0.409 e. The van der Waals surface area contributed by atoms with E-state index in [1.54, 1.807) is 25.1 Å². The van der Waals surface area contributed by atoms with Crippen molar-refractivity contribution in [1.82, 2.24) is 8.54 Å². The molecule has 162 valence electrons.